The summed E-state index contributed by atoms with van der Waals surface area (Å²) in [4.78, 5) is 0. The highest BCUT2D eigenvalue weighted by Gasteiger charge is 2.29. The topological polar surface area (TPSA) is 0 Å². The van der Waals surface area contributed by atoms with Gasteiger partial charge in [-0.15, -0.1) is 0 Å². The molecule has 0 aromatic carbocycles. The summed E-state index contributed by atoms with van der Waals surface area (Å²) in [6.45, 7) is 8.35. The third-order valence-corrected chi connectivity index (χ3v) is 2.76. The normalized spacial score (nSPS) is 14.2. The molecular formula is C6H14S2. The Morgan fingerprint density at radius 2 is 1.00 bits per heavy atom. The van der Waals surface area contributed by atoms with Gasteiger partial charge in [0.2, 0.25) is 0 Å². The number of thiol groups is 2. The van der Waals surface area contributed by atoms with E-state index in [1.165, 1.54) is 0 Å². The molecule has 0 rings (SSSR count). The molecular weight excluding hydrogens is 136 g/mol. The summed E-state index contributed by atoms with van der Waals surface area (Å²) < 4.78 is -0.174. The van der Waals surface area contributed by atoms with Crippen molar-refractivity contribution in [3.8, 4) is 0 Å². The standard InChI is InChI=1S/C6H14S2/c1-5(2,3)6(4,7)8/h7-8H,1-4H3. The Morgan fingerprint density at radius 1 is 0.875 bits per heavy atom. The van der Waals surface area contributed by atoms with E-state index in [2.05, 4.69) is 46.0 Å². The molecule has 50 valence electrons. The monoisotopic (exact) mass is 150 g/mol. The molecule has 0 aromatic rings. The minimum absolute atomic E-state index is 0.166. The summed E-state index contributed by atoms with van der Waals surface area (Å²) >= 11 is 8.60. The molecule has 0 bridgehead atoms. The van der Waals surface area contributed by atoms with Gasteiger partial charge in [-0.1, -0.05) is 20.8 Å². The molecule has 0 saturated carbocycles. The van der Waals surface area contributed by atoms with Crippen LogP contribution in [0.5, 0.6) is 0 Å². The first-order valence-electron chi connectivity index (χ1n) is 2.70. The SMILES string of the molecule is CC(C)(C)C(C)(S)S. The molecule has 0 fully saturated rings. The van der Waals surface area contributed by atoms with Crippen molar-refractivity contribution in [2.24, 2.45) is 5.41 Å². The van der Waals surface area contributed by atoms with Crippen LogP contribution in [0.4, 0.5) is 0 Å². The van der Waals surface area contributed by atoms with Crippen molar-refractivity contribution in [2.45, 2.75) is 31.8 Å². The molecule has 0 heterocycles. The van der Waals surface area contributed by atoms with Crippen LogP contribution in [0.2, 0.25) is 0 Å². The molecule has 0 N–H and O–H groups in total. The molecule has 0 saturated heterocycles. The highest BCUT2D eigenvalue weighted by atomic mass is 32.2. The van der Waals surface area contributed by atoms with Crippen LogP contribution < -0.4 is 0 Å². The van der Waals surface area contributed by atoms with Gasteiger partial charge in [0.1, 0.15) is 0 Å². The van der Waals surface area contributed by atoms with Crippen LogP contribution in [0, 0.1) is 5.41 Å². The highest BCUT2D eigenvalue weighted by Crippen LogP contribution is 2.38. The van der Waals surface area contributed by atoms with E-state index in [1.807, 2.05) is 6.92 Å². The smallest absolute Gasteiger partial charge is 0.0571 e. The zero-order chi connectivity index (χ0) is 7.00. The van der Waals surface area contributed by atoms with Crippen LogP contribution >= 0.6 is 25.3 Å². The van der Waals surface area contributed by atoms with Crippen LogP contribution in [0.15, 0.2) is 0 Å². The molecule has 0 aromatic heterocycles. The van der Waals surface area contributed by atoms with E-state index in [1.54, 1.807) is 0 Å². The quantitative estimate of drug-likeness (QED) is 0.385. The second kappa shape index (κ2) is 2.14. The summed E-state index contributed by atoms with van der Waals surface area (Å²) in [5.41, 5.74) is 0.166. The third kappa shape index (κ3) is 2.31. The van der Waals surface area contributed by atoms with E-state index < -0.39 is 0 Å². The predicted molar refractivity (Wildman–Crippen MR) is 45.8 cm³/mol. The first-order valence-corrected chi connectivity index (χ1v) is 3.59. The molecule has 0 aliphatic rings. The maximum Gasteiger partial charge on any atom is 0.0571 e. The number of rotatable bonds is 0. The molecule has 0 radical (unpaired) electrons. The van der Waals surface area contributed by atoms with Gasteiger partial charge in [-0.3, -0.25) is 0 Å². The minimum Gasteiger partial charge on any atom is -0.162 e. The van der Waals surface area contributed by atoms with Crippen LogP contribution in [-0.4, -0.2) is 4.08 Å². The van der Waals surface area contributed by atoms with Gasteiger partial charge < -0.3 is 0 Å². The van der Waals surface area contributed by atoms with Crippen molar-refractivity contribution in [1.29, 1.82) is 0 Å². The lowest BCUT2D eigenvalue weighted by molar-refractivity contribution is 0.389. The molecule has 2 heteroatoms. The number of hydrogen-bond acceptors (Lipinski definition) is 2. The van der Waals surface area contributed by atoms with E-state index in [9.17, 15) is 0 Å². The van der Waals surface area contributed by atoms with Gasteiger partial charge in [0.15, 0.2) is 0 Å². The Balaban J connectivity index is 4.02. The van der Waals surface area contributed by atoms with Crippen molar-refractivity contribution in [3.63, 3.8) is 0 Å². The van der Waals surface area contributed by atoms with Crippen molar-refractivity contribution >= 4 is 25.3 Å². The first kappa shape index (κ1) is 8.70. The highest BCUT2D eigenvalue weighted by molar-refractivity contribution is 8.00. The fraction of sp³-hybridized carbons (Fsp3) is 1.00. The van der Waals surface area contributed by atoms with Gasteiger partial charge in [-0.2, -0.15) is 25.3 Å². The Hall–Kier alpha value is 0.700. The molecule has 0 nitrogen and oxygen atoms in total. The van der Waals surface area contributed by atoms with E-state index >= 15 is 0 Å². The predicted octanol–water partition coefficient (Wildman–Crippen LogP) is 2.61. The van der Waals surface area contributed by atoms with Crippen LogP contribution in [0.1, 0.15) is 27.7 Å². The third-order valence-electron chi connectivity index (χ3n) is 1.42. The molecule has 0 atom stereocenters. The largest absolute Gasteiger partial charge is 0.162 e. The van der Waals surface area contributed by atoms with Gasteiger partial charge in [0.25, 0.3) is 0 Å². The molecule has 8 heavy (non-hydrogen) atoms. The van der Waals surface area contributed by atoms with E-state index in [0.29, 0.717) is 0 Å². The second-order valence-corrected chi connectivity index (χ2v) is 5.41. The average molecular weight is 150 g/mol. The lowest BCUT2D eigenvalue weighted by Gasteiger charge is -2.32. The molecule has 0 spiro atoms. The summed E-state index contributed by atoms with van der Waals surface area (Å²) in [6.07, 6.45) is 0. The summed E-state index contributed by atoms with van der Waals surface area (Å²) in [5.74, 6) is 0. The fourth-order valence-electron chi connectivity index (χ4n) is 0. The summed E-state index contributed by atoms with van der Waals surface area (Å²) in [5, 5.41) is 0. The molecule has 0 amide bonds. The average Bonchev–Trinajstić information content (AvgIpc) is 1.25. The van der Waals surface area contributed by atoms with Gasteiger partial charge in [-0.05, 0) is 12.3 Å². The molecule has 0 aliphatic carbocycles. The van der Waals surface area contributed by atoms with Crippen molar-refractivity contribution < 1.29 is 0 Å². The van der Waals surface area contributed by atoms with E-state index in [0.717, 1.165) is 0 Å². The van der Waals surface area contributed by atoms with Gasteiger partial charge >= 0.3 is 0 Å². The summed E-state index contributed by atoms with van der Waals surface area (Å²) in [6, 6.07) is 0. The van der Waals surface area contributed by atoms with Crippen LogP contribution in [0.25, 0.3) is 0 Å². The lowest BCUT2D eigenvalue weighted by Crippen LogP contribution is -2.27. The first-order chi connectivity index (χ1) is 3.25. The zero-order valence-electron chi connectivity index (χ0n) is 5.89. The fourth-order valence-corrected chi connectivity index (χ4v) is 0. The van der Waals surface area contributed by atoms with Crippen LogP contribution in [-0.2, 0) is 0 Å². The Bertz CT molecular complexity index is 61.5. The Morgan fingerprint density at radius 3 is 1.00 bits per heavy atom. The lowest BCUT2D eigenvalue weighted by atomic mass is 9.92. The maximum absolute atomic E-state index is 4.30. The van der Waals surface area contributed by atoms with Crippen LogP contribution in [0.3, 0.4) is 0 Å². The van der Waals surface area contributed by atoms with Crippen molar-refractivity contribution in [2.75, 3.05) is 0 Å². The Labute approximate surface area is 62.9 Å². The van der Waals surface area contributed by atoms with E-state index in [4.69, 9.17) is 0 Å². The van der Waals surface area contributed by atoms with Gasteiger partial charge in [-0.25, -0.2) is 0 Å². The maximum atomic E-state index is 4.30. The minimum atomic E-state index is -0.174. The van der Waals surface area contributed by atoms with Crippen molar-refractivity contribution in [3.05, 3.63) is 0 Å². The Kier molecular flexibility index (Phi) is 2.33. The second-order valence-electron chi connectivity index (χ2n) is 3.27. The number of hydrogen-bond donors (Lipinski definition) is 2. The summed E-state index contributed by atoms with van der Waals surface area (Å²) in [7, 11) is 0. The molecule has 0 aliphatic heterocycles. The van der Waals surface area contributed by atoms with E-state index in [-0.39, 0.29) is 9.49 Å². The van der Waals surface area contributed by atoms with Crippen molar-refractivity contribution in [1.82, 2.24) is 0 Å². The molecule has 0 unspecified atom stereocenters. The van der Waals surface area contributed by atoms with Gasteiger partial charge in [0, 0.05) is 0 Å². The van der Waals surface area contributed by atoms with Gasteiger partial charge in [0.05, 0.1) is 4.08 Å². The zero-order valence-corrected chi connectivity index (χ0v) is 7.68.